The molecule has 0 aromatic heterocycles. The normalized spacial score (nSPS) is 26.0. The van der Waals surface area contributed by atoms with Crippen molar-refractivity contribution < 1.29 is 14.2 Å². The first-order valence-corrected chi connectivity index (χ1v) is 7.36. The first-order valence-electron chi connectivity index (χ1n) is 7.36. The van der Waals surface area contributed by atoms with Crippen LogP contribution in [0.25, 0.3) is 0 Å². The maximum Gasteiger partial charge on any atom is 0.171 e. The van der Waals surface area contributed by atoms with Crippen LogP contribution in [0, 0.1) is 0 Å². The fourth-order valence-corrected chi connectivity index (χ4v) is 3.05. The van der Waals surface area contributed by atoms with Gasteiger partial charge < -0.3 is 14.2 Å². The van der Waals surface area contributed by atoms with E-state index in [4.69, 9.17) is 14.2 Å². The molecule has 4 nitrogen and oxygen atoms in total. The van der Waals surface area contributed by atoms with Crippen LogP contribution in [0.5, 0.6) is 5.75 Å². The Morgan fingerprint density at radius 2 is 2.15 bits per heavy atom. The highest BCUT2D eigenvalue weighted by molar-refractivity contribution is 5.28. The molecule has 3 rings (SSSR count). The van der Waals surface area contributed by atoms with Gasteiger partial charge in [-0.2, -0.15) is 0 Å². The molecule has 2 aliphatic heterocycles. The first-order chi connectivity index (χ1) is 9.69. The molecule has 0 radical (unpaired) electrons. The fourth-order valence-electron chi connectivity index (χ4n) is 3.05. The van der Waals surface area contributed by atoms with Crippen molar-refractivity contribution in [3.8, 4) is 5.75 Å². The third-order valence-corrected chi connectivity index (χ3v) is 4.16. The van der Waals surface area contributed by atoms with E-state index < -0.39 is 0 Å². The van der Waals surface area contributed by atoms with Crippen LogP contribution in [0.2, 0.25) is 0 Å². The molecule has 0 aliphatic carbocycles. The largest absolute Gasteiger partial charge is 0.497 e. The van der Waals surface area contributed by atoms with E-state index in [2.05, 4.69) is 24.0 Å². The van der Waals surface area contributed by atoms with Crippen LogP contribution in [0.1, 0.15) is 25.3 Å². The van der Waals surface area contributed by atoms with Crippen molar-refractivity contribution in [1.29, 1.82) is 0 Å². The van der Waals surface area contributed by atoms with Gasteiger partial charge in [-0.25, -0.2) is 0 Å². The Morgan fingerprint density at radius 3 is 2.80 bits per heavy atom. The molecule has 1 aromatic rings. The smallest absolute Gasteiger partial charge is 0.171 e. The van der Waals surface area contributed by atoms with Gasteiger partial charge in [0.1, 0.15) is 5.75 Å². The summed E-state index contributed by atoms with van der Waals surface area (Å²) in [5, 5.41) is 0. The lowest BCUT2D eigenvalue weighted by atomic mass is 10.0. The van der Waals surface area contributed by atoms with E-state index >= 15 is 0 Å². The van der Waals surface area contributed by atoms with Crippen molar-refractivity contribution in [3.63, 3.8) is 0 Å². The van der Waals surface area contributed by atoms with Gasteiger partial charge in [-0.1, -0.05) is 12.1 Å². The van der Waals surface area contributed by atoms with Crippen LogP contribution < -0.4 is 4.74 Å². The second kappa shape index (κ2) is 5.72. The Bertz CT molecular complexity index is 455. The summed E-state index contributed by atoms with van der Waals surface area (Å²) in [6.07, 6.45) is 2.16. The van der Waals surface area contributed by atoms with Crippen molar-refractivity contribution in [2.24, 2.45) is 0 Å². The number of piperidine rings is 1. The Kier molecular flexibility index (Phi) is 3.96. The minimum atomic E-state index is -0.301. The molecule has 1 aromatic carbocycles. The van der Waals surface area contributed by atoms with Gasteiger partial charge in [-0.05, 0) is 24.6 Å². The lowest BCUT2D eigenvalue weighted by molar-refractivity contribution is -0.194. The lowest BCUT2D eigenvalue weighted by Crippen LogP contribution is -2.45. The van der Waals surface area contributed by atoms with E-state index in [1.807, 2.05) is 12.1 Å². The highest BCUT2D eigenvalue weighted by Crippen LogP contribution is 2.34. The zero-order valence-electron chi connectivity index (χ0n) is 12.3. The number of hydrogen-bond donors (Lipinski definition) is 0. The SMILES string of the molecule is COc1cccc(CN2CCC3(CC2)OC[C@H](C)O3)c1. The molecule has 2 fully saturated rings. The Balaban J connectivity index is 1.56. The summed E-state index contributed by atoms with van der Waals surface area (Å²) in [5.74, 6) is 0.622. The second-order valence-electron chi connectivity index (χ2n) is 5.78. The molecular weight excluding hydrogens is 254 g/mol. The highest BCUT2D eigenvalue weighted by Gasteiger charge is 2.42. The van der Waals surface area contributed by atoms with Crippen molar-refractivity contribution in [3.05, 3.63) is 29.8 Å². The molecule has 0 saturated carbocycles. The predicted molar refractivity (Wildman–Crippen MR) is 76.7 cm³/mol. The van der Waals surface area contributed by atoms with Crippen LogP contribution in [-0.2, 0) is 16.0 Å². The van der Waals surface area contributed by atoms with Crippen molar-refractivity contribution in [2.45, 2.75) is 38.2 Å². The van der Waals surface area contributed by atoms with Gasteiger partial charge in [0.05, 0.1) is 19.8 Å². The Hall–Kier alpha value is -1.10. The minimum Gasteiger partial charge on any atom is -0.497 e. The number of rotatable bonds is 3. The van der Waals surface area contributed by atoms with Gasteiger partial charge in [0, 0.05) is 32.5 Å². The Labute approximate surface area is 120 Å². The third-order valence-electron chi connectivity index (χ3n) is 4.16. The van der Waals surface area contributed by atoms with Crippen molar-refractivity contribution in [1.82, 2.24) is 4.90 Å². The van der Waals surface area contributed by atoms with Gasteiger partial charge in [0.15, 0.2) is 5.79 Å². The molecule has 2 saturated heterocycles. The molecule has 0 unspecified atom stereocenters. The maximum absolute atomic E-state index is 5.96. The van der Waals surface area contributed by atoms with Crippen LogP contribution in [0.4, 0.5) is 0 Å². The third kappa shape index (κ3) is 2.97. The van der Waals surface area contributed by atoms with Crippen LogP contribution in [-0.4, -0.2) is 43.6 Å². The summed E-state index contributed by atoms with van der Waals surface area (Å²) >= 11 is 0. The number of methoxy groups -OCH3 is 1. The molecule has 2 aliphatic rings. The predicted octanol–water partition coefficient (Wildman–Crippen LogP) is 2.42. The zero-order valence-corrected chi connectivity index (χ0v) is 12.3. The zero-order chi connectivity index (χ0) is 14.0. The maximum atomic E-state index is 5.96. The highest BCUT2D eigenvalue weighted by atomic mass is 16.7. The van der Waals surface area contributed by atoms with Crippen LogP contribution >= 0.6 is 0 Å². The summed E-state index contributed by atoms with van der Waals surface area (Å²) in [6, 6.07) is 8.29. The van der Waals surface area contributed by atoms with Gasteiger partial charge in [-0.3, -0.25) is 4.90 Å². The minimum absolute atomic E-state index is 0.236. The standard InChI is InChI=1S/C16H23NO3/c1-13-12-19-16(20-13)6-8-17(9-7-16)11-14-4-3-5-15(10-14)18-2/h3-5,10,13H,6-9,11-12H2,1-2H3/t13-/m0/s1. The molecule has 4 heteroatoms. The summed E-state index contributed by atoms with van der Waals surface area (Å²) in [5.41, 5.74) is 1.29. The van der Waals surface area contributed by atoms with Gasteiger partial charge in [0.25, 0.3) is 0 Å². The van der Waals surface area contributed by atoms with E-state index in [-0.39, 0.29) is 11.9 Å². The van der Waals surface area contributed by atoms with Gasteiger partial charge in [-0.15, -0.1) is 0 Å². The van der Waals surface area contributed by atoms with Crippen molar-refractivity contribution >= 4 is 0 Å². The molecular formula is C16H23NO3. The average molecular weight is 277 g/mol. The van der Waals surface area contributed by atoms with E-state index in [1.54, 1.807) is 7.11 Å². The molecule has 2 heterocycles. The van der Waals surface area contributed by atoms with E-state index in [1.165, 1.54) is 5.56 Å². The Morgan fingerprint density at radius 1 is 1.35 bits per heavy atom. The van der Waals surface area contributed by atoms with Crippen LogP contribution in [0.15, 0.2) is 24.3 Å². The molecule has 0 bridgehead atoms. The molecule has 1 atom stereocenters. The van der Waals surface area contributed by atoms with Gasteiger partial charge >= 0.3 is 0 Å². The number of hydrogen-bond acceptors (Lipinski definition) is 4. The molecule has 20 heavy (non-hydrogen) atoms. The molecule has 1 spiro atoms. The quantitative estimate of drug-likeness (QED) is 0.849. The monoisotopic (exact) mass is 277 g/mol. The number of ether oxygens (including phenoxy) is 3. The molecule has 0 N–H and O–H groups in total. The number of nitrogens with zero attached hydrogens (tertiary/aromatic N) is 1. The molecule has 110 valence electrons. The van der Waals surface area contributed by atoms with E-state index in [0.29, 0.717) is 0 Å². The molecule has 0 amide bonds. The number of benzene rings is 1. The topological polar surface area (TPSA) is 30.9 Å². The number of likely N-dealkylation sites (tertiary alicyclic amines) is 1. The summed E-state index contributed by atoms with van der Waals surface area (Å²) in [7, 11) is 1.71. The van der Waals surface area contributed by atoms with Crippen molar-refractivity contribution in [2.75, 3.05) is 26.8 Å². The van der Waals surface area contributed by atoms with Crippen LogP contribution in [0.3, 0.4) is 0 Å². The van der Waals surface area contributed by atoms with E-state index in [9.17, 15) is 0 Å². The summed E-state index contributed by atoms with van der Waals surface area (Å²) in [6.45, 7) is 5.81. The first kappa shape index (κ1) is 13.9. The fraction of sp³-hybridized carbons (Fsp3) is 0.625. The second-order valence-corrected chi connectivity index (χ2v) is 5.78. The summed E-state index contributed by atoms with van der Waals surface area (Å²) in [4.78, 5) is 2.45. The average Bonchev–Trinajstić information content (AvgIpc) is 2.83. The van der Waals surface area contributed by atoms with Gasteiger partial charge in [0.2, 0.25) is 0 Å². The lowest BCUT2D eigenvalue weighted by Gasteiger charge is -2.37. The van der Waals surface area contributed by atoms with E-state index in [0.717, 1.165) is 44.8 Å². The summed E-state index contributed by atoms with van der Waals surface area (Å²) < 4.78 is 17.1.